The number of fused-ring (bicyclic) bond motifs is 2. The van der Waals surface area contributed by atoms with Crippen molar-refractivity contribution in [1.29, 1.82) is 0 Å². The number of hydrogen-bond donors (Lipinski definition) is 1. The maximum absolute atomic E-state index is 11.4. The molecule has 0 aliphatic heterocycles. The molecule has 0 radical (unpaired) electrons. The Morgan fingerprint density at radius 1 is 1.23 bits per heavy atom. The first-order valence-corrected chi connectivity index (χ1v) is 6.22. The van der Waals surface area contributed by atoms with Gasteiger partial charge >= 0.3 is 0 Å². The molecule has 2 aliphatic carbocycles. The minimum Gasteiger partial charge on any atom is -0.285 e. The highest BCUT2D eigenvalue weighted by Crippen LogP contribution is 2.63. The van der Waals surface area contributed by atoms with Crippen LogP contribution in [-0.4, -0.2) is 17.7 Å². The molecule has 4 heteroatoms. The van der Waals surface area contributed by atoms with Gasteiger partial charge in [0.25, 0.3) is 10.1 Å². The summed E-state index contributed by atoms with van der Waals surface area (Å²) in [6.45, 7) is 3.96. The predicted molar refractivity (Wildman–Crippen MR) is 50.0 cm³/mol. The topological polar surface area (TPSA) is 54.4 Å². The van der Waals surface area contributed by atoms with Crippen LogP contribution >= 0.6 is 0 Å². The van der Waals surface area contributed by atoms with Crippen LogP contribution in [-0.2, 0) is 10.1 Å². The summed E-state index contributed by atoms with van der Waals surface area (Å²) in [5, 5.41) is 0. The lowest BCUT2D eigenvalue weighted by molar-refractivity contribution is 0.261. The van der Waals surface area contributed by atoms with E-state index >= 15 is 0 Å². The smallest absolute Gasteiger partial charge is 0.271 e. The van der Waals surface area contributed by atoms with Crippen molar-refractivity contribution in [3.8, 4) is 0 Å². The van der Waals surface area contributed by atoms with Crippen molar-refractivity contribution in [3.05, 3.63) is 0 Å². The molecule has 2 saturated carbocycles. The molecule has 0 amide bonds. The van der Waals surface area contributed by atoms with E-state index in [1.54, 1.807) is 0 Å². The zero-order valence-electron chi connectivity index (χ0n) is 8.08. The van der Waals surface area contributed by atoms with E-state index < -0.39 is 14.9 Å². The lowest BCUT2D eigenvalue weighted by Gasteiger charge is -2.34. The van der Waals surface area contributed by atoms with Gasteiger partial charge in [0.15, 0.2) is 0 Å². The third kappa shape index (κ3) is 0.907. The molecular formula is C9H16O3S. The van der Waals surface area contributed by atoms with E-state index in [-0.39, 0.29) is 5.41 Å². The summed E-state index contributed by atoms with van der Waals surface area (Å²) >= 11 is 0. The van der Waals surface area contributed by atoms with Gasteiger partial charge in [-0.3, -0.25) is 4.55 Å². The molecule has 76 valence electrons. The van der Waals surface area contributed by atoms with Crippen molar-refractivity contribution in [2.24, 2.45) is 11.3 Å². The first-order valence-electron chi connectivity index (χ1n) is 4.78. The largest absolute Gasteiger partial charge is 0.285 e. The van der Waals surface area contributed by atoms with E-state index in [0.29, 0.717) is 18.8 Å². The van der Waals surface area contributed by atoms with Crippen molar-refractivity contribution in [1.82, 2.24) is 0 Å². The van der Waals surface area contributed by atoms with Crippen LogP contribution in [0.15, 0.2) is 0 Å². The summed E-state index contributed by atoms with van der Waals surface area (Å²) in [6, 6.07) is 0. The molecule has 2 bridgehead atoms. The van der Waals surface area contributed by atoms with E-state index in [1.807, 2.05) is 13.8 Å². The van der Waals surface area contributed by atoms with Gasteiger partial charge in [-0.1, -0.05) is 13.8 Å². The number of rotatable bonds is 1. The zero-order chi connectivity index (χ0) is 9.91. The first-order chi connectivity index (χ1) is 5.81. The average Bonchev–Trinajstić information content (AvgIpc) is 2.38. The Labute approximate surface area is 79.3 Å². The fourth-order valence-electron chi connectivity index (χ4n) is 3.41. The summed E-state index contributed by atoms with van der Waals surface area (Å²) in [5.41, 5.74) is -0.236. The molecule has 0 aromatic heterocycles. The first kappa shape index (κ1) is 9.46. The van der Waals surface area contributed by atoms with Gasteiger partial charge in [-0.15, -0.1) is 0 Å². The highest BCUT2D eigenvalue weighted by molar-refractivity contribution is 7.87. The standard InChI is InChI=1S/C9H16O3S/c1-8(2)7-3-5-9(8,6-4-7)13(10,11)12/h7H,3-6H2,1-2H3,(H,10,11,12). The van der Waals surface area contributed by atoms with Gasteiger partial charge in [-0.25, -0.2) is 0 Å². The van der Waals surface area contributed by atoms with Gasteiger partial charge in [0.2, 0.25) is 0 Å². The maximum Gasteiger partial charge on any atom is 0.271 e. The molecule has 0 aromatic rings. The molecule has 13 heavy (non-hydrogen) atoms. The van der Waals surface area contributed by atoms with Crippen molar-refractivity contribution in [2.75, 3.05) is 0 Å². The van der Waals surface area contributed by atoms with Crippen LogP contribution in [0.5, 0.6) is 0 Å². The van der Waals surface area contributed by atoms with Crippen LogP contribution in [0, 0.1) is 11.3 Å². The predicted octanol–water partition coefficient (Wildman–Crippen LogP) is 1.84. The van der Waals surface area contributed by atoms with Gasteiger partial charge < -0.3 is 0 Å². The molecule has 2 rings (SSSR count). The van der Waals surface area contributed by atoms with Crippen LogP contribution in [0.3, 0.4) is 0 Å². The molecule has 0 unspecified atom stereocenters. The van der Waals surface area contributed by atoms with Crippen molar-refractivity contribution >= 4 is 10.1 Å². The summed E-state index contributed by atoms with van der Waals surface area (Å²) < 4.78 is 31.2. The molecule has 0 aromatic carbocycles. The lowest BCUT2D eigenvalue weighted by atomic mass is 9.81. The monoisotopic (exact) mass is 204 g/mol. The molecule has 0 heterocycles. The average molecular weight is 204 g/mol. The Morgan fingerprint density at radius 2 is 1.69 bits per heavy atom. The zero-order valence-corrected chi connectivity index (χ0v) is 8.89. The third-order valence-corrected chi connectivity index (χ3v) is 6.40. The Morgan fingerprint density at radius 3 is 1.85 bits per heavy atom. The molecule has 0 atom stereocenters. The van der Waals surface area contributed by atoms with E-state index in [4.69, 9.17) is 0 Å². The van der Waals surface area contributed by atoms with E-state index in [1.165, 1.54) is 0 Å². The van der Waals surface area contributed by atoms with Gasteiger partial charge in [-0.05, 0) is 37.0 Å². The van der Waals surface area contributed by atoms with Gasteiger partial charge in [0, 0.05) is 0 Å². The molecule has 2 aliphatic rings. The van der Waals surface area contributed by atoms with Crippen LogP contribution in [0.2, 0.25) is 0 Å². The van der Waals surface area contributed by atoms with Crippen molar-refractivity contribution in [3.63, 3.8) is 0 Å². The summed E-state index contributed by atoms with van der Waals surface area (Å²) in [6.07, 6.45) is 3.19. The fraction of sp³-hybridized carbons (Fsp3) is 1.00. The van der Waals surface area contributed by atoms with E-state index in [2.05, 4.69) is 0 Å². The van der Waals surface area contributed by atoms with Gasteiger partial charge in [0.1, 0.15) is 4.75 Å². The highest BCUT2D eigenvalue weighted by atomic mass is 32.2. The Balaban J connectivity index is 2.55. The second-order valence-electron chi connectivity index (χ2n) is 4.97. The van der Waals surface area contributed by atoms with E-state index in [9.17, 15) is 13.0 Å². The van der Waals surface area contributed by atoms with Gasteiger partial charge in [-0.2, -0.15) is 8.42 Å². The Kier molecular flexibility index (Phi) is 1.66. The van der Waals surface area contributed by atoms with Crippen LogP contribution in [0.25, 0.3) is 0 Å². The Hall–Kier alpha value is -0.0900. The molecule has 2 fully saturated rings. The highest BCUT2D eigenvalue weighted by Gasteiger charge is 2.65. The van der Waals surface area contributed by atoms with Crippen LogP contribution in [0.4, 0.5) is 0 Å². The minimum absolute atomic E-state index is 0.236. The quantitative estimate of drug-likeness (QED) is 0.663. The second kappa shape index (κ2) is 2.28. The second-order valence-corrected chi connectivity index (χ2v) is 6.70. The molecule has 1 N–H and O–H groups in total. The molecular weight excluding hydrogens is 188 g/mol. The SMILES string of the molecule is CC1(C)C2CCC1(S(=O)(=O)O)CC2. The van der Waals surface area contributed by atoms with Crippen molar-refractivity contribution in [2.45, 2.75) is 44.3 Å². The third-order valence-electron chi connectivity index (χ3n) is 4.48. The fourth-order valence-corrected chi connectivity index (χ4v) is 5.00. The normalized spacial score (nSPS) is 42.5. The summed E-state index contributed by atoms with van der Waals surface area (Å²) in [7, 11) is -3.88. The molecule has 0 saturated heterocycles. The Bertz CT molecular complexity index is 321. The van der Waals surface area contributed by atoms with Crippen LogP contribution in [0.1, 0.15) is 39.5 Å². The maximum atomic E-state index is 11.4. The molecule has 0 spiro atoms. The van der Waals surface area contributed by atoms with Crippen LogP contribution < -0.4 is 0 Å². The van der Waals surface area contributed by atoms with Gasteiger partial charge in [0.05, 0.1) is 0 Å². The molecule has 3 nitrogen and oxygen atoms in total. The minimum atomic E-state index is -3.88. The lowest BCUT2D eigenvalue weighted by Crippen LogP contribution is -2.44. The number of hydrogen-bond acceptors (Lipinski definition) is 2. The van der Waals surface area contributed by atoms with E-state index in [0.717, 1.165) is 12.8 Å². The van der Waals surface area contributed by atoms with Crippen molar-refractivity contribution < 1.29 is 13.0 Å². The summed E-state index contributed by atoms with van der Waals surface area (Å²) in [5.74, 6) is 0.481. The summed E-state index contributed by atoms with van der Waals surface area (Å²) in [4.78, 5) is 0.